The van der Waals surface area contributed by atoms with Gasteiger partial charge in [-0.1, -0.05) is 23.7 Å². The van der Waals surface area contributed by atoms with Gasteiger partial charge in [-0.25, -0.2) is 9.59 Å². The fraction of sp³-hybridized carbons (Fsp3) is 0.500. The van der Waals surface area contributed by atoms with Gasteiger partial charge in [-0.05, 0) is 31.5 Å². The van der Waals surface area contributed by atoms with Crippen molar-refractivity contribution in [2.24, 2.45) is 0 Å². The number of amides is 3. The molecule has 0 aromatic heterocycles. The van der Waals surface area contributed by atoms with Gasteiger partial charge in [-0.2, -0.15) is 0 Å². The summed E-state index contributed by atoms with van der Waals surface area (Å²) in [6.45, 7) is 8.83. The Labute approximate surface area is 187 Å². The van der Waals surface area contributed by atoms with E-state index in [1.165, 1.54) is 0 Å². The van der Waals surface area contributed by atoms with Crippen LogP contribution in [0.3, 0.4) is 0 Å². The number of nitrogens with one attached hydrogen (secondary N) is 1. The quantitative estimate of drug-likeness (QED) is 0.676. The van der Waals surface area contributed by atoms with E-state index in [0.717, 1.165) is 5.56 Å². The molecule has 2 aliphatic heterocycles. The number of esters is 1. The standard InChI is InChI=1S/C22H29ClN4O4/c1-4-27-18(14-25-9-11-26(12-10-25)15(3)28)19(21(29)31-5-2)20(24-22(27)30)16-7-6-8-17(23)13-16/h6-8,13,20H,4-5,9-12,14H2,1-3H3,(H,24,30). The molecular formula is C22H29ClN4O4. The molecule has 0 bridgehead atoms. The van der Waals surface area contributed by atoms with E-state index in [4.69, 9.17) is 16.3 Å². The van der Waals surface area contributed by atoms with Crippen LogP contribution in [-0.2, 0) is 14.3 Å². The maximum atomic E-state index is 13.1. The van der Waals surface area contributed by atoms with E-state index in [2.05, 4.69) is 10.2 Å². The fourth-order valence-corrected chi connectivity index (χ4v) is 4.23. The van der Waals surface area contributed by atoms with Crippen molar-refractivity contribution < 1.29 is 19.1 Å². The molecule has 8 nitrogen and oxygen atoms in total. The van der Waals surface area contributed by atoms with Gasteiger partial charge in [0.25, 0.3) is 0 Å². The number of halogens is 1. The summed E-state index contributed by atoms with van der Waals surface area (Å²) in [6, 6.07) is 6.20. The smallest absolute Gasteiger partial charge is 0.338 e. The summed E-state index contributed by atoms with van der Waals surface area (Å²) in [6.07, 6.45) is 0. The highest BCUT2D eigenvalue weighted by Crippen LogP contribution is 2.33. The van der Waals surface area contributed by atoms with Gasteiger partial charge < -0.3 is 15.0 Å². The summed E-state index contributed by atoms with van der Waals surface area (Å²) in [5.41, 5.74) is 1.77. The Kier molecular flexibility index (Phi) is 7.56. The van der Waals surface area contributed by atoms with Gasteiger partial charge in [0, 0.05) is 56.9 Å². The highest BCUT2D eigenvalue weighted by molar-refractivity contribution is 6.30. The molecule has 168 valence electrons. The summed E-state index contributed by atoms with van der Waals surface area (Å²) in [7, 11) is 0. The van der Waals surface area contributed by atoms with Crippen LogP contribution in [0.4, 0.5) is 4.79 Å². The minimum Gasteiger partial charge on any atom is -0.463 e. The fourth-order valence-electron chi connectivity index (χ4n) is 4.03. The maximum Gasteiger partial charge on any atom is 0.338 e. The van der Waals surface area contributed by atoms with Crippen LogP contribution in [-0.4, -0.2) is 78.5 Å². The minimum absolute atomic E-state index is 0.0549. The van der Waals surface area contributed by atoms with Gasteiger partial charge in [-0.15, -0.1) is 0 Å². The Morgan fingerprint density at radius 2 is 1.90 bits per heavy atom. The number of hydrogen-bond donors (Lipinski definition) is 1. The second-order valence-corrected chi connectivity index (χ2v) is 7.98. The van der Waals surface area contributed by atoms with Gasteiger partial charge in [0.1, 0.15) is 0 Å². The van der Waals surface area contributed by atoms with Crippen LogP contribution in [0.5, 0.6) is 0 Å². The van der Waals surface area contributed by atoms with Crippen molar-refractivity contribution in [1.82, 2.24) is 20.0 Å². The van der Waals surface area contributed by atoms with E-state index in [-0.39, 0.29) is 18.5 Å². The summed E-state index contributed by atoms with van der Waals surface area (Å²) in [5, 5.41) is 3.46. The summed E-state index contributed by atoms with van der Waals surface area (Å²) < 4.78 is 5.38. The molecule has 0 aliphatic carbocycles. The van der Waals surface area contributed by atoms with E-state index in [1.807, 2.05) is 13.0 Å². The molecule has 2 heterocycles. The third kappa shape index (κ3) is 5.19. The number of likely N-dealkylation sites (N-methyl/N-ethyl adjacent to an activating group) is 1. The predicted molar refractivity (Wildman–Crippen MR) is 117 cm³/mol. The SMILES string of the molecule is CCOC(=O)C1=C(CN2CCN(C(C)=O)CC2)N(CC)C(=O)NC1c1cccc(Cl)c1. The average molecular weight is 449 g/mol. The molecule has 0 saturated carbocycles. The van der Waals surface area contributed by atoms with E-state index in [9.17, 15) is 14.4 Å². The third-order valence-corrected chi connectivity index (χ3v) is 5.86. The summed E-state index contributed by atoms with van der Waals surface area (Å²) in [5.74, 6) is -0.400. The van der Waals surface area contributed by atoms with Gasteiger partial charge >= 0.3 is 12.0 Å². The highest BCUT2D eigenvalue weighted by Gasteiger charge is 2.38. The first-order valence-electron chi connectivity index (χ1n) is 10.6. The number of hydrogen-bond acceptors (Lipinski definition) is 5. The van der Waals surface area contributed by atoms with Crippen LogP contribution >= 0.6 is 11.6 Å². The zero-order valence-electron chi connectivity index (χ0n) is 18.2. The number of carbonyl (C=O) groups is 3. The Morgan fingerprint density at radius 3 is 2.48 bits per heavy atom. The topological polar surface area (TPSA) is 82.2 Å². The summed E-state index contributed by atoms with van der Waals surface area (Å²) >= 11 is 6.18. The molecule has 1 atom stereocenters. The molecule has 0 spiro atoms. The maximum absolute atomic E-state index is 13.1. The number of nitrogens with zero attached hydrogens (tertiary/aromatic N) is 3. The largest absolute Gasteiger partial charge is 0.463 e. The Hall–Kier alpha value is -2.58. The Bertz CT molecular complexity index is 880. The van der Waals surface area contributed by atoms with Crippen molar-refractivity contribution in [3.8, 4) is 0 Å². The van der Waals surface area contributed by atoms with E-state index >= 15 is 0 Å². The van der Waals surface area contributed by atoms with Crippen molar-refractivity contribution >= 4 is 29.5 Å². The van der Waals surface area contributed by atoms with Crippen molar-refractivity contribution in [2.75, 3.05) is 45.9 Å². The zero-order chi connectivity index (χ0) is 22.5. The first-order valence-corrected chi connectivity index (χ1v) is 10.9. The van der Waals surface area contributed by atoms with Crippen molar-refractivity contribution in [3.05, 3.63) is 46.1 Å². The molecule has 9 heteroatoms. The molecule has 1 unspecified atom stereocenters. The molecule has 1 aromatic carbocycles. The summed E-state index contributed by atoms with van der Waals surface area (Å²) in [4.78, 5) is 43.2. The Morgan fingerprint density at radius 1 is 1.19 bits per heavy atom. The molecule has 0 radical (unpaired) electrons. The van der Waals surface area contributed by atoms with Crippen molar-refractivity contribution in [1.29, 1.82) is 0 Å². The molecular weight excluding hydrogens is 420 g/mol. The normalized spacial score (nSPS) is 20.0. The molecule has 31 heavy (non-hydrogen) atoms. The van der Waals surface area contributed by atoms with Crippen LogP contribution in [0.25, 0.3) is 0 Å². The van der Waals surface area contributed by atoms with Gasteiger partial charge in [0.15, 0.2) is 0 Å². The van der Waals surface area contributed by atoms with Crippen LogP contribution in [0.15, 0.2) is 35.5 Å². The zero-order valence-corrected chi connectivity index (χ0v) is 18.9. The van der Waals surface area contributed by atoms with Gasteiger partial charge in [0.05, 0.1) is 18.2 Å². The number of carbonyl (C=O) groups excluding carboxylic acids is 3. The number of benzene rings is 1. The van der Waals surface area contributed by atoms with Gasteiger partial charge in [-0.3, -0.25) is 14.6 Å². The molecule has 3 amide bonds. The predicted octanol–water partition coefficient (Wildman–Crippen LogP) is 2.41. The molecule has 1 saturated heterocycles. The lowest BCUT2D eigenvalue weighted by atomic mass is 9.94. The number of urea groups is 1. The molecule has 1 N–H and O–H groups in total. The molecule has 2 aliphatic rings. The average Bonchev–Trinajstić information content (AvgIpc) is 2.74. The number of rotatable bonds is 6. The highest BCUT2D eigenvalue weighted by atomic mass is 35.5. The van der Waals surface area contributed by atoms with Crippen LogP contribution in [0.1, 0.15) is 32.4 Å². The molecule has 1 fully saturated rings. The van der Waals surface area contributed by atoms with Crippen LogP contribution in [0.2, 0.25) is 5.02 Å². The van der Waals surface area contributed by atoms with E-state index < -0.39 is 12.0 Å². The lowest BCUT2D eigenvalue weighted by Gasteiger charge is -2.40. The lowest BCUT2D eigenvalue weighted by Crippen LogP contribution is -2.53. The monoisotopic (exact) mass is 448 g/mol. The molecule has 3 rings (SSSR count). The lowest BCUT2D eigenvalue weighted by molar-refractivity contribution is -0.139. The second-order valence-electron chi connectivity index (χ2n) is 7.54. The minimum atomic E-state index is -0.651. The van der Waals surface area contributed by atoms with Crippen LogP contribution in [0, 0.1) is 0 Å². The number of piperazine rings is 1. The van der Waals surface area contributed by atoms with Gasteiger partial charge in [0.2, 0.25) is 5.91 Å². The number of ether oxygens (including phenoxy) is 1. The second kappa shape index (κ2) is 10.2. The van der Waals surface area contributed by atoms with Crippen molar-refractivity contribution in [3.63, 3.8) is 0 Å². The van der Waals surface area contributed by atoms with E-state index in [0.29, 0.717) is 55.6 Å². The van der Waals surface area contributed by atoms with E-state index in [1.54, 1.807) is 41.8 Å². The van der Waals surface area contributed by atoms with Crippen molar-refractivity contribution in [2.45, 2.75) is 26.8 Å². The molecule has 1 aromatic rings. The Balaban J connectivity index is 2.00. The first kappa shape index (κ1) is 23.1. The van der Waals surface area contributed by atoms with Crippen LogP contribution < -0.4 is 5.32 Å². The first-order chi connectivity index (χ1) is 14.8. The third-order valence-electron chi connectivity index (χ3n) is 5.62.